The Hall–Kier alpha value is -3.80. The second-order valence-corrected chi connectivity index (χ2v) is 9.46. The molecule has 2 aliphatic heterocycles. The van der Waals surface area contributed by atoms with Gasteiger partial charge >= 0.3 is 0 Å². The molecule has 2 aromatic carbocycles. The van der Waals surface area contributed by atoms with Gasteiger partial charge in [0, 0.05) is 41.9 Å². The van der Waals surface area contributed by atoms with E-state index in [2.05, 4.69) is 42.6 Å². The number of amides is 2. The predicted octanol–water partition coefficient (Wildman–Crippen LogP) is 5.38. The van der Waals surface area contributed by atoms with Crippen LogP contribution in [0.4, 0.5) is 5.69 Å². The number of anilines is 1. The van der Waals surface area contributed by atoms with Crippen molar-refractivity contribution in [3.8, 4) is 5.75 Å². The van der Waals surface area contributed by atoms with Gasteiger partial charge in [0.2, 0.25) is 5.91 Å². The third kappa shape index (κ3) is 3.50. The van der Waals surface area contributed by atoms with Crippen LogP contribution >= 0.6 is 0 Å². The van der Waals surface area contributed by atoms with Gasteiger partial charge in [0.25, 0.3) is 5.91 Å². The van der Waals surface area contributed by atoms with Crippen LogP contribution in [0.1, 0.15) is 50.8 Å². The fourth-order valence-electron chi connectivity index (χ4n) is 4.97. The lowest BCUT2D eigenvalue weighted by Crippen LogP contribution is -2.33. The zero-order valence-electron chi connectivity index (χ0n) is 20.0. The molecule has 1 unspecified atom stereocenters. The largest absolute Gasteiger partial charge is 0.489 e. The summed E-state index contributed by atoms with van der Waals surface area (Å²) in [5.41, 5.74) is 6.49. The van der Waals surface area contributed by atoms with Crippen LogP contribution in [-0.2, 0) is 9.59 Å². The fraction of sp³-hybridized carbons (Fsp3) is 0.286. The molecule has 0 spiro atoms. The Labute approximate surface area is 199 Å². The van der Waals surface area contributed by atoms with Gasteiger partial charge in [0.05, 0.1) is 17.6 Å². The van der Waals surface area contributed by atoms with Crippen LogP contribution in [0.25, 0.3) is 10.9 Å². The molecule has 5 rings (SSSR count). The Balaban J connectivity index is 1.70. The maximum Gasteiger partial charge on any atom is 0.259 e. The number of hydrogen-bond acceptors (Lipinski definition) is 4. The molecule has 2 amide bonds. The minimum Gasteiger partial charge on any atom is -0.489 e. The predicted molar refractivity (Wildman–Crippen MR) is 134 cm³/mol. The van der Waals surface area contributed by atoms with Crippen LogP contribution < -0.4 is 10.1 Å². The molecule has 6 heteroatoms. The van der Waals surface area contributed by atoms with Gasteiger partial charge in [0.1, 0.15) is 12.4 Å². The summed E-state index contributed by atoms with van der Waals surface area (Å²) in [6.45, 7) is 12.3. The third-order valence-corrected chi connectivity index (χ3v) is 6.52. The molecule has 0 aliphatic carbocycles. The van der Waals surface area contributed by atoms with Gasteiger partial charge in [0.15, 0.2) is 0 Å². The third-order valence-electron chi connectivity index (χ3n) is 6.52. The molecule has 2 aliphatic rings. The number of carbonyl (C=O) groups is 2. The van der Waals surface area contributed by atoms with E-state index < -0.39 is 0 Å². The Morgan fingerprint density at radius 3 is 2.56 bits per heavy atom. The van der Waals surface area contributed by atoms with Gasteiger partial charge < -0.3 is 14.6 Å². The zero-order valence-corrected chi connectivity index (χ0v) is 20.0. The lowest BCUT2D eigenvalue weighted by molar-refractivity contribution is -0.139. The van der Waals surface area contributed by atoms with Gasteiger partial charge in [-0.05, 0) is 61.7 Å². The molecule has 0 bridgehead atoms. The first-order chi connectivity index (χ1) is 16.3. The van der Waals surface area contributed by atoms with E-state index in [0.717, 1.165) is 44.7 Å². The molecule has 6 nitrogen and oxygen atoms in total. The number of ether oxygens (including phenoxy) is 1. The Morgan fingerprint density at radius 2 is 1.91 bits per heavy atom. The van der Waals surface area contributed by atoms with E-state index >= 15 is 0 Å². The van der Waals surface area contributed by atoms with Crippen molar-refractivity contribution in [2.45, 2.75) is 39.7 Å². The first-order valence-corrected chi connectivity index (χ1v) is 11.6. The highest BCUT2D eigenvalue weighted by molar-refractivity contribution is 6.11. The quantitative estimate of drug-likeness (QED) is 0.525. The van der Waals surface area contributed by atoms with Crippen LogP contribution in [0.5, 0.6) is 5.75 Å². The van der Waals surface area contributed by atoms with Crippen LogP contribution in [0, 0.1) is 0 Å². The number of aromatic nitrogens is 1. The van der Waals surface area contributed by atoms with Crippen molar-refractivity contribution in [2.24, 2.45) is 0 Å². The molecule has 1 atom stereocenters. The summed E-state index contributed by atoms with van der Waals surface area (Å²) in [6.07, 6.45) is 2.16. The second kappa shape index (κ2) is 8.20. The Morgan fingerprint density at radius 1 is 1.18 bits per heavy atom. The van der Waals surface area contributed by atoms with Gasteiger partial charge in [-0.1, -0.05) is 24.8 Å². The average molecular weight is 456 g/mol. The summed E-state index contributed by atoms with van der Waals surface area (Å²) < 4.78 is 8.04. The van der Waals surface area contributed by atoms with Gasteiger partial charge in [-0.15, -0.1) is 0 Å². The van der Waals surface area contributed by atoms with Crippen LogP contribution in [0.2, 0.25) is 0 Å². The number of carbonyl (C=O) groups excluding carboxylic acids is 2. The molecule has 1 N–H and O–H groups in total. The average Bonchev–Trinajstić information content (AvgIpc) is 3.29. The second-order valence-electron chi connectivity index (χ2n) is 9.46. The fourth-order valence-corrected chi connectivity index (χ4v) is 4.97. The molecule has 0 fully saturated rings. The highest BCUT2D eigenvalue weighted by atomic mass is 16.5. The van der Waals surface area contributed by atoms with Gasteiger partial charge in [-0.3, -0.25) is 14.5 Å². The normalized spacial score (nSPS) is 17.1. The van der Waals surface area contributed by atoms with Crippen LogP contribution in [0.15, 0.2) is 72.1 Å². The molecule has 174 valence electrons. The van der Waals surface area contributed by atoms with E-state index in [1.165, 1.54) is 11.8 Å². The first-order valence-electron chi connectivity index (χ1n) is 11.6. The van der Waals surface area contributed by atoms with Crippen molar-refractivity contribution in [3.63, 3.8) is 0 Å². The highest BCUT2D eigenvalue weighted by Gasteiger charge is 2.41. The highest BCUT2D eigenvalue weighted by Crippen LogP contribution is 2.47. The summed E-state index contributed by atoms with van der Waals surface area (Å²) in [5, 5.41) is 4.63. The molecule has 3 aromatic rings. The van der Waals surface area contributed by atoms with E-state index in [1.807, 2.05) is 43.3 Å². The maximum absolute atomic E-state index is 13.5. The molecular weight excluding hydrogens is 426 g/mol. The lowest BCUT2D eigenvalue weighted by Gasteiger charge is -2.20. The number of rotatable bonds is 5. The van der Waals surface area contributed by atoms with Crippen LogP contribution in [0.3, 0.4) is 0 Å². The van der Waals surface area contributed by atoms with E-state index in [0.29, 0.717) is 12.2 Å². The summed E-state index contributed by atoms with van der Waals surface area (Å²) in [6, 6.07) is 14.3. The maximum atomic E-state index is 13.5. The van der Waals surface area contributed by atoms with Crippen molar-refractivity contribution < 1.29 is 14.3 Å². The van der Waals surface area contributed by atoms with Crippen molar-refractivity contribution >= 4 is 28.4 Å². The number of nitrogens with zero attached hydrogens (tertiary/aromatic N) is 2. The molecular formula is C28H29N3O3. The van der Waals surface area contributed by atoms with E-state index in [1.54, 1.807) is 0 Å². The lowest BCUT2D eigenvalue weighted by atomic mass is 9.84. The number of benzene rings is 2. The van der Waals surface area contributed by atoms with Gasteiger partial charge in [-0.25, -0.2) is 0 Å². The summed E-state index contributed by atoms with van der Waals surface area (Å²) in [5.74, 6) is -0.0389. The smallest absolute Gasteiger partial charge is 0.259 e. The number of imide groups is 1. The molecule has 3 heterocycles. The molecule has 34 heavy (non-hydrogen) atoms. The van der Waals surface area contributed by atoms with Crippen LogP contribution in [-0.4, -0.2) is 34.4 Å². The molecule has 0 saturated carbocycles. The summed E-state index contributed by atoms with van der Waals surface area (Å²) >= 11 is 0. The number of nitrogens with one attached hydrogen (secondary N) is 1. The van der Waals surface area contributed by atoms with Crippen molar-refractivity contribution in [1.82, 2.24) is 9.47 Å². The number of hydrogen-bond donors (Lipinski definition) is 1. The van der Waals surface area contributed by atoms with Crippen molar-refractivity contribution in [1.29, 1.82) is 0 Å². The Bertz CT molecular complexity index is 1360. The van der Waals surface area contributed by atoms with E-state index in [9.17, 15) is 9.59 Å². The summed E-state index contributed by atoms with van der Waals surface area (Å²) in [4.78, 5) is 27.1. The standard InChI is InChI=1S/C28H29N3O3/c1-16(2)15-34-20-11-9-19(10-12-20)25-21-13-30(17(3)4)24-8-6-7-22(26(21)24)29-23-14-31(18(5)32)28(33)27(23)25/h6-13,17,25,29H,1,14-15H2,2-5H3. The zero-order chi connectivity index (χ0) is 24.1. The first kappa shape index (κ1) is 22.0. The topological polar surface area (TPSA) is 63.6 Å². The Kier molecular flexibility index (Phi) is 5.31. The van der Waals surface area contributed by atoms with Crippen molar-refractivity contribution in [3.05, 3.63) is 83.2 Å². The monoisotopic (exact) mass is 455 g/mol. The minimum atomic E-state index is -0.305. The van der Waals surface area contributed by atoms with Gasteiger partial charge in [-0.2, -0.15) is 0 Å². The summed E-state index contributed by atoms with van der Waals surface area (Å²) in [7, 11) is 0. The molecule has 0 saturated heterocycles. The SMILES string of the molecule is C=C(C)COc1ccc(C2C3=C(CN(C(C)=O)C3=O)Nc3cccc4c3c2cn4C(C)C)cc1. The van der Waals surface area contributed by atoms with E-state index in [4.69, 9.17) is 4.74 Å². The molecule has 0 radical (unpaired) electrons. The van der Waals surface area contributed by atoms with Crippen molar-refractivity contribution in [2.75, 3.05) is 18.5 Å². The minimum absolute atomic E-state index is 0.235. The van der Waals surface area contributed by atoms with E-state index in [-0.39, 0.29) is 30.3 Å². The molecule has 1 aromatic heterocycles.